The van der Waals surface area contributed by atoms with E-state index in [0.717, 1.165) is 0 Å². The molecule has 0 spiro atoms. The van der Waals surface area contributed by atoms with Crippen LogP contribution in [-0.4, -0.2) is 36.0 Å². The van der Waals surface area contributed by atoms with E-state index in [1.165, 1.54) is 18.7 Å². The lowest BCUT2D eigenvalue weighted by atomic mass is 10.2. The lowest BCUT2D eigenvalue weighted by Gasteiger charge is -2.12. The van der Waals surface area contributed by atoms with Crippen molar-refractivity contribution in [3.05, 3.63) is 34.9 Å². The molecule has 20 heavy (non-hydrogen) atoms. The first kappa shape index (κ1) is 15.2. The molecule has 0 aromatic heterocycles. The third kappa shape index (κ3) is 4.40. The maximum absolute atomic E-state index is 11.8. The van der Waals surface area contributed by atoms with Gasteiger partial charge in [-0.2, -0.15) is 0 Å². The minimum absolute atomic E-state index is 0.101. The Balaban J connectivity index is 1.77. The zero-order valence-electron chi connectivity index (χ0n) is 10.7. The van der Waals surface area contributed by atoms with Crippen LogP contribution in [0.15, 0.2) is 24.3 Å². The maximum Gasteiger partial charge on any atom is 0.338 e. The molecule has 0 aliphatic carbocycles. The van der Waals surface area contributed by atoms with E-state index in [1.54, 1.807) is 24.3 Å². The molecule has 1 aliphatic rings. The van der Waals surface area contributed by atoms with Gasteiger partial charge in [-0.25, -0.2) is 4.79 Å². The summed E-state index contributed by atoms with van der Waals surface area (Å²) >= 11 is 7.17. The van der Waals surface area contributed by atoms with E-state index in [4.69, 9.17) is 25.8 Å². The van der Waals surface area contributed by atoms with Crippen LogP contribution in [0.1, 0.15) is 17.3 Å². The van der Waals surface area contributed by atoms with Crippen molar-refractivity contribution in [2.24, 2.45) is 0 Å². The molecule has 5 nitrogen and oxygen atoms in total. The number of hydrogen-bond donors (Lipinski definition) is 0. The summed E-state index contributed by atoms with van der Waals surface area (Å²) in [6, 6.07) is 6.43. The summed E-state index contributed by atoms with van der Waals surface area (Å²) in [5.74, 6) is -0.306. The number of rotatable bonds is 4. The largest absolute Gasteiger partial charge is 0.458 e. The molecule has 1 fully saturated rings. The van der Waals surface area contributed by atoms with Gasteiger partial charge >= 0.3 is 11.9 Å². The Hall–Kier alpha value is -1.24. The lowest BCUT2D eigenvalue weighted by Crippen LogP contribution is -2.22. The van der Waals surface area contributed by atoms with Crippen molar-refractivity contribution in [3.8, 4) is 0 Å². The molecular formula is C13H13ClO5S. The molecule has 0 saturated carbocycles. The van der Waals surface area contributed by atoms with E-state index in [0.29, 0.717) is 16.3 Å². The SMILES string of the molecule is CC(=O)OC1CSC(COC(=O)c2ccc(Cl)cc2)O1. The van der Waals surface area contributed by atoms with Crippen LogP contribution in [0.4, 0.5) is 0 Å². The molecule has 0 bridgehead atoms. The molecule has 1 aromatic rings. The van der Waals surface area contributed by atoms with Gasteiger partial charge in [0.1, 0.15) is 12.0 Å². The lowest BCUT2D eigenvalue weighted by molar-refractivity contribution is -0.172. The van der Waals surface area contributed by atoms with Gasteiger partial charge in [-0.15, -0.1) is 11.8 Å². The van der Waals surface area contributed by atoms with E-state index in [-0.39, 0.29) is 12.0 Å². The van der Waals surface area contributed by atoms with Gasteiger partial charge in [0.2, 0.25) is 6.29 Å². The second-order valence-corrected chi connectivity index (χ2v) is 5.67. The molecule has 1 heterocycles. The fourth-order valence-electron chi connectivity index (χ4n) is 1.58. The number of thioether (sulfide) groups is 1. The zero-order chi connectivity index (χ0) is 14.5. The number of halogens is 1. The van der Waals surface area contributed by atoms with Crippen molar-refractivity contribution in [3.63, 3.8) is 0 Å². The Labute approximate surface area is 125 Å². The first-order valence-corrected chi connectivity index (χ1v) is 7.34. The predicted molar refractivity (Wildman–Crippen MR) is 74.6 cm³/mol. The van der Waals surface area contributed by atoms with Gasteiger partial charge in [0.15, 0.2) is 0 Å². The van der Waals surface area contributed by atoms with Gasteiger partial charge in [0, 0.05) is 11.9 Å². The average Bonchev–Trinajstić information content (AvgIpc) is 2.83. The number of carbonyl (C=O) groups excluding carboxylic acids is 2. The number of benzene rings is 1. The van der Waals surface area contributed by atoms with Gasteiger partial charge in [-0.3, -0.25) is 4.79 Å². The van der Waals surface area contributed by atoms with Gasteiger partial charge in [0.05, 0.1) is 11.3 Å². The molecule has 0 radical (unpaired) electrons. The zero-order valence-corrected chi connectivity index (χ0v) is 12.3. The van der Waals surface area contributed by atoms with Crippen LogP contribution < -0.4 is 0 Å². The molecule has 7 heteroatoms. The van der Waals surface area contributed by atoms with Crippen LogP contribution in [0.5, 0.6) is 0 Å². The number of ether oxygens (including phenoxy) is 3. The Bertz CT molecular complexity index is 490. The van der Waals surface area contributed by atoms with Crippen LogP contribution in [-0.2, 0) is 19.0 Å². The minimum atomic E-state index is -0.572. The molecule has 1 saturated heterocycles. The number of carbonyl (C=O) groups is 2. The third-order valence-corrected chi connectivity index (χ3v) is 3.79. The van der Waals surface area contributed by atoms with Gasteiger partial charge < -0.3 is 14.2 Å². The smallest absolute Gasteiger partial charge is 0.338 e. The van der Waals surface area contributed by atoms with E-state index >= 15 is 0 Å². The highest BCUT2D eigenvalue weighted by molar-refractivity contribution is 8.00. The van der Waals surface area contributed by atoms with Gasteiger partial charge in [0.25, 0.3) is 0 Å². The quantitative estimate of drug-likeness (QED) is 0.795. The Morgan fingerprint density at radius 2 is 2.10 bits per heavy atom. The van der Waals surface area contributed by atoms with Crippen LogP contribution >= 0.6 is 23.4 Å². The third-order valence-electron chi connectivity index (χ3n) is 2.45. The van der Waals surface area contributed by atoms with E-state index < -0.39 is 18.2 Å². The average molecular weight is 317 g/mol. The first-order valence-electron chi connectivity index (χ1n) is 5.91. The topological polar surface area (TPSA) is 61.8 Å². The Morgan fingerprint density at radius 1 is 1.40 bits per heavy atom. The highest BCUT2D eigenvalue weighted by atomic mass is 35.5. The summed E-state index contributed by atoms with van der Waals surface area (Å²) in [7, 11) is 0. The van der Waals surface area contributed by atoms with Crippen LogP contribution in [0, 0.1) is 0 Å². The van der Waals surface area contributed by atoms with Crippen molar-refractivity contribution < 1.29 is 23.8 Å². The summed E-state index contributed by atoms with van der Waals surface area (Å²) in [5, 5.41) is 0.556. The Kier molecular flexibility index (Phi) is 5.28. The monoisotopic (exact) mass is 316 g/mol. The number of hydrogen-bond acceptors (Lipinski definition) is 6. The van der Waals surface area contributed by atoms with Crippen molar-refractivity contribution in [1.29, 1.82) is 0 Å². The maximum atomic E-state index is 11.8. The minimum Gasteiger partial charge on any atom is -0.458 e. The van der Waals surface area contributed by atoms with E-state index in [2.05, 4.69) is 0 Å². The predicted octanol–water partition coefficient (Wildman–Crippen LogP) is 2.48. The Morgan fingerprint density at radius 3 is 2.75 bits per heavy atom. The molecule has 108 valence electrons. The van der Waals surface area contributed by atoms with Crippen molar-refractivity contribution in [2.45, 2.75) is 18.6 Å². The molecule has 2 unspecified atom stereocenters. The van der Waals surface area contributed by atoms with Crippen molar-refractivity contribution in [2.75, 3.05) is 12.4 Å². The number of esters is 2. The summed E-state index contributed by atoms with van der Waals surface area (Å²) in [4.78, 5) is 22.5. The van der Waals surface area contributed by atoms with Crippen molar-refractivity contribution >= 4 is 35.3 Å². The molecule has 2 rings (SSSR count). The van der Waals surface area contributed by atoms with E-state index in [1.807, 2.05) is 0 Å². The molecule has 1 aromatic carbocycles. The first-order chi connectivity index (χ1) is 9.54. The second-order valence-electron chi connectivity index (χ2n) is 4.04. The van der Waals surface area contributed by atoms with Crippen molar-refractivity contribution in [1.82, 2.24) is 0 Å². The summed E-state index contributed by atoms with van der Waals surface area (Å²) in [5.41, 5.74) is 0.101. The fraction of sp³-hybridized carbons (Fsp3) is 0.385. The summed E-state index contributed by atoms with van der Waals surface area (Å²) in [6.07, 6.45) is -0.572. The van der Waals surface area contributed by atoms with E-state index in [9.17, 15) is 9.59 Å². The van der Waals surface area contributed by atoms with Gasteiger partial charge in [-0.05, 0) is 24.3 Å². The second kappa shape index (κ2) is 6.97. The highest BCUT2D eigenvalue weighted by Gasteiger charge is 2.29. The van der Waals surface area contributed by atoms with Crippen LogP contribution in [0.3, 0.4) is 0 Å². The molecule has 0 N–H and O–H groups in total. The highest BCUT2D eigenvalue weighted by Crippen LogP contribution is 2.26. The van der Waals surface area contributed by atoms with Crippen LogP contribution in [0.2, 0.25) is 5.02 Å². The molecular weight excluding hydrogens is 304 g/mol. The molecule has 1 aliphatic heterocycles. The summed E-state index contributed by atoms with van der Waals surface area (Å²) in [6.45, 7) is 1.42. The van der Waals surface area contributed by atoms with Gasteiger partial charge in [-0.1, -0.05) is 11.6 Å². The summed E-state index contributed by atoms with van der Waals surface area (Å²) < 4.78 is 15.4. The standard InChI is InChI=1S/C13H13ClO5S/c1-8(15)18-11-7-20-12(19-11)6-17-13(16)9-2-4-10(14)5-3-9/h2-5,11-12H,6-7H2,1H3. The molecule has 2 atom stereocenters. The van der Waals surface area contributed by atoms with Crippen LogP contribution in [0.25, 0.3) is 0 Å². The fourth-order valence-corrected chi connectivity index (χ4v) is 2.59. The normalized spacial score (nSPS) is 21.5. The molecule has 0 amide bonds.